The maximum Gasteiger partial charge on any atom is 0.308 e. The smallest absolute Gasteiger partial charge is 0.308 e. The first-order valence-electron chi connectivity index (χ1n) is 15.6. The molecule has 0 aliphatic carbocycles. The summed E-state index contributed by atoms with van der Waals surface area (Å²) in [7, 11) is 8.59. The molecule has 10 nitrogen and oxygen atoms in total. The Morgan fingerprint density at radius 3 is 1.95 bits per heavy atom. The summed E-state index contributed by atoms with van der Waals surface area (Å²) in [6.45, 7) is 14.2. The van der Waals surface area contributed by atoms with E-state index in [2.05, 4.69) is 6.92 Å². The Kier molecular flexibility index (Phi) is 15.6. The van der Waals surface area contributed by atoms with E-state index in [4.69, 9.17) is 9.47 Å². The minimum atomic E-state index is -0.962. The summed E-state index contributed by atoms with van der Waals surface area (Å²) in [5.41, 5.74) is 0. The number of hydrogen-bond donors (Lipinski definition) is 1. The number of carbonyl (C=O) groups excluding carboxylic acids is 3. The number of carboxylic acid groups (broad SMARTS) is 1. The number of ether oxygens (including phenoxy) is 2. The number of carboxylic acids is 1. The van der Waals surface area contributed by atoms with Gasteiger partial charge in [-0.05, 0) is 51.6 Å². The van der Waals surface area contributed by atoms with Gasteiger partial charge in [0.1, 0.15) is 0 Å². The van der Waals surface area contributed by atoms with Crippen LogP contribution in [0, 0.1) is 29.6 Å². The zero-order valence-electron chi connectivity index (χ0n) is 28.3. The van der Waals surface area contributed by atoms with Crippen LogP contribution >= 0.6 is 0 Å². The summed E-state index contributed by atoms with van der Waals surface area (Å²) in [6, 6.07) is -0.999. The number of aliphatic carboxylic acids is 1. The van der Waals surface area contributed by atoms with Crippen molar-refractivity contribution < 1.29 is 33.8 Å². The van der Waals surface area contributed by atoms with E-state index in [1.54, 1.807) is 30.9 Å². The van der Waals surface area contributed by atoms with E-state index in [1.165, 1.54) is 7.11 Å². The summed E-state index contributed by atoms with van der Waals surface area (Å²) in [4.78, 5) is 58.2. The molecule has 1 rings (SSSR count). The average molecular weight is 598 g/mol. The molecule has 0 radical (unpaired) electrons. The van der Waals surface area contributed by atoms with Crippen molar-refractivity contribution in [1.29, 1.82) is 0 Å². The molecule has 0 aromatic heterocycles. The van der Waals surface area contributed by atoms with E-state index in [0.717, 1.165) is 12.8 Å². The summed E-state index contributed by atoms with van der Waals surface area (Å²) in [6.07, 6.45) is 1.22. The monoisotopic (exact) mass is 597 g/mol. The summed E-state index contributed by atoms with van der Waals surface area (Å²) in [5.74, 6) is -2.32. The van der Waals surface area contributed by atoms with Gasteiger partial charge in [0.2, 0.25) is 11.8 Å². The number of hydrogen-bond acceptors (Lipinski definition) is 7. The molecule has 1 aliphatic heterocycles. The molecule has 0 bridgehead atoms. The van der Waals surface area contributed by atoms with Gasteiger partial charge in [0.05, 0.1) is 42.7 Å². The molecule has 0 saturated carbocycles. The van der Waals surface area contributed by atoms with E-state index in [0.29, 0.717) is 13.0 Å². The van der Waals surface area contributed by atoms with Gasteiger partial charge in [0.25, 0.3) is 0 Å². The lowest BCUT2D eigenvalue weighted by atomic mass is 9.83. The van der Waals surface area contributed by atoms with Crippen molar-refractivity contribution in [3.05, 3.63) is 0 Å². The van der Waals surface area contributed by atoms with Crippen molar-refractivity contribution in [3.8, 4) is 0 Å². The Bertz CT molecular complexity index is 885. The Morgan fingerprint density at radius 1 is 0.929 bits per heavy atom. The third-order valence-corrected chi connectivity index (χ3v) is 9.30. The number of likely N-dealkylation sites (tertiary alicyclic amines) is 1. The molecule has 0 aromatic rings. The molecule has 1 heterocycles. The zero-order chi connectivity index (χ0) is 32.5. The van der Waals surface area contributed by atoms with Crippen LogP contribution in [0.2, 0.25) is 0 Å². The van der Waals surface area contributed by atoms with Crippen molar-refractivity contribution in [2.45, 2.75) is 111 Å². The average Bonchev–Trinajstić information content (AvgIpc) is 3.39. The van der Waals surface area contributed by atoms with Gasteiger partial charge >= 0.3 is 5.97 Å². The fourth-order valence-electron chi connectivity index (χ4n) is 6.76. The highest BCUT2D eigenvalue weighted by atomic mass is 16.5. The lowest BCUT2D eigenvalue weighted by molar-refractivity contribution is -0.152. The maximum absolute atomic E-state index is 14.1. The fourth-order valence-corrected chi connectivity index (χ4v) is 6.76. The van der Waals surface area contributed by atoms with E-state index in [9.17, 15) is 24.3 Å². The number of ketones is 1. The first kappa shape index (κ1) is 38.0. The highest BCUT2D eigenvalue weighted by Gasteiger charge is 2.43. The molecule has 1 fully saturated rings. The first-order chi connectivity index (χ1) is 19.5. The Morgan fingerprint density at radius 2 is 1.52 bits per heavy atom. The molecule has 1 aliphatic rings. The molecule has 2 amide bonds. The Balaban J connectivity index is 3.26. The second kappa shape index (κ2) is 17.3. The maximum atomic E-state index is 14.1. The van der Waals surface area contributed by atoms with Crippen LogP contribution in [-0.4, -0.2) is 116 Å². The third kappa shape index (κ3) is 9.48. The summed E-state index contributed by atoms with van der Waals surface area (Å²) in [5, 5.41) is 9.58. The van der Waals surface area contributed by atoms with Gasteiger partial charge in [-0.2, -0.15) is 0 Å². The van der Waals surface area contributed by atoms with Crippen LogP contribution in [0.25, 0.3) is 0 Å². The molecule has 244 valence electrons. The molecular formula is C32H59N3O7. The van der Waals surface area contributed by atoms with Gasteiger partial charge in [-0.15, -0.1) is 0 Å². The number of nitrogens with zero attached hydrogens (tertiary/aromatic N) is 3. The van der Waals surface area contributed by atoms with E-state index in [-0.39, 0.29) is 66.3 Å². The number of carbonyl (C=O) groups is 4. The number of Topliss-reactive ketones (excluding diaryl/α,β-unsaturated/α-hetero) is 1. The van der Waals surface area contributed by atoms with Crippen LogP contribution in [0.5, 0.6) is 0 Å². The topological polar surface area (TPSA) is 117 Å². The van der Waals surface area contributed by atoms with Gasteiger partial charge < -0.3 is 24.4 Å². The van der Waals surface area contributed by atoms with Crippen molar-refractivity contribution in [3.63, 3.8) is 0 Å². The van der Waals surface area contributed by atoms with E-state index >= 15 is 0 Å². The number of likely N-dealkylation sites (N-methyl/N-ethyl adjacent to an activating group) is 2. The standard InChI is InChI=1S/C32H59N3O7/c1-13-21(6)29(34(10)31(38)23(19(2)3)17-25(36)28(20(4)5)33(8)9)26(41-11)18-27(37)35-16-14-15-24(35)30(42-12)22(7)32(39)40/h19-24,26,28-30H,13-18H2,1-12H3,(H,39,40)/t21-,22+,23-,24-,26+,28-,29?,30+/m0/s1. The van der Waals surface area contributed by atoms with Crippen molar-refractivity contribution in [1.82, 2.24) is 14.7 Å². The predicted molar refractivity (Wildman–Crippen MR) is 164 cm³/mol. The molecule has 1 saturated heterocycles. The molecule has 1 unspecified atom stereocenters. The van der Waals surface area contributed by atoms with Crippen LogP contribution in [0.4, 0.5) is 0 Å². The lowest BCUT2D eigenvalue weighted by Crippen LogP contribution is -2.54. The van der Waals surface area contributed by atoms with Crippen molar-refractivity contribution >= 4 is 23.6 Å². The van der Waals surface area contributed by atoms with Gasteiger partial charge in [-0.3, -0.25) is 24.1 Å². The fraction of sp³-hybridized carbons (Fsp3) is 0.875. The molecule has 10 heteroatoms. The number of rotatable bonds is 18. The minimum Gasteiger partial charge on any atom is -0.481 e. The summed E-state index contributed by atoms with van der Waals surface area (Å²) < 4.78 is 11.5. The lowest BCUT2D eigenvalue weighted by Gasteiger charge is -2.41. The van der Waals surface area contributed by atoms with Crippen LogP contribution in [-0.2, 0) is 28.7 Å². The van der Waals surface area contributed by atoms with Gasteiger partial charge in [0.15, 0.2) is 5.78 Å². The van der Waals surface area contributed by atoms with Crippen LogP contribution < -0.4 is 0 Å². The van der Waals surface area contributed by atoms with E-state index < -0.39 is 30.0 Å². The van der Waals surface area contributed by atoms with Crippen LogP contribution in [0.15, 0.2) is 0 Å². The normalized spacial score (nSPS) is 20.7. The van der Waals surface area contributed by atoms with Crippen LogP contribution in [0.3, 0.4) is 0 Å². The second-order valence-corrected chi connectivity index (χ2v) is 13.1. The summed E-state index contributed by atoms with van der Waals surface area (Å²) >= 11 is 0. The van der Waals surface area contributed by atoms with E-state index in [1.807, 2.05) is 53.6 Å². The number of amides is 2. The molecule has 1 N–H and O–H groups in total. The van der Waals surface area contributed by atoms with Gasteiger partial charge in [-0.25, -0.2) is 0 Å². The predicted octanol–water partition coefficient (Wildman–Crippen LogP) is 3.81. The Labute approximate surface area is 254 Å². The van der Waals surface area contributed by atoms with Crippen LogP contribution in [0.1, 0.15) is 80.6 Å². The second-order valence-electron chi connectivity index (χ2n) is 13.1. The molecule has 42 heavy (non-hydrogen) atoms. The zero-order valence-corrected chi connectivity index (χ0v) is 28.3. The molecule has 8 atom stereocenters. The van der Waals surface area contributed by atoms with Crippen molar-refractivity contribution in [2.24, 2.45) is 29.6 Å². The quantitative estimate of drug-likeness (QED) is 0.254. The highest BCUT2D eigenvalue weighted by Crippen LogP contribution is 2.30. The SMILES string of the molecule is CC[C@H](C)C([C@@H](CC(=O)N1CCC[C@H]1[C@H](OC)[C@@H](C)C(=O)O)OC)N(C)C(=O)[C@@H](CC(=O)[C@H](C(C)C)N(C)C)C(C)C. The first-order valence-corrected chi connectivity index (χ1v) is 15.6. The van der Waals surface area contributed by atoms with Crippen molar-refractivity contribution in [2.75, 3.05) is 41.9 Å². The largest absolute Gasteiger partial charge is 0.481 e. The third-order valence-electron chi connectivity index (χ3n) is 9.30. The van der Waals surface area contributed by atoms with Gasteiger partial charge in [0, 0.05) is 40.2 Å². The van der Waals surface area contributed by atoms with Gasteiger partial charge in [-0.1, -0.05) is 48.0 Å². The minimum absolute atomic E-state index is 0.0264. The molecule has 0 spiro atoms. The number of methoxy groups -OCH3 is 2. The Hall–Kier alpha value is -2.04. The highest BCUT2D eigenvalue weighted by molar-refractivity contribution is 5.90. The molecule has 0 aromatic carbocycles. The molecular weight excluding hydrogens is 538 g/mol.